The largest absolute Gasteiger partial charge is 0.464 e. The second-order valence-electron chi connectivity index (χ2n) is 5.57. The van der Waals surface area contributed by atoms with Crippen LogP contribution in [0.15, 0.2) is 81.8 Å². The van der Waals surface area contributed by atoms with Crippen LogP contribution in [0.1, 0.15) is 0 Å². The third-order valence-electron chi connectivity index (χ3n) is 3.61. The number of benzene rings is 2. The summed E-state index contributed by atoms with van der Waals surface area (Å²) in [5.41, 5.74) is -1.93. The fourth-order valence-electron chi connectivity index (χ4n) is 2.18. The van der Waals surface area contributed by atoms with E-state index in [2.05, 4.69) is 9.47 Å². The molecular formula is C18H18N2O8S2. The first-order chi connectivity index (χ1) is 14.1. The normalized spacial score (nSPS) is 12.3. The standard InChI is InChI=1S/C18H18N2O8S2/c1-27-17(21)15(19-29(23,24)13-9-5-3-6-10-13)16(18(22)28-2)20-30(25,26)14-11-7-4-8-12-14/h3-12,19-20H,1-2H3/b16-15+. The fourth-order valence-corrected chi connectivity index (χ4v) is 4.35. The Balaban J connectivity index is 2.62. The lowest BCUT2D eigenvalue weighted by molar-refractivity contribution is -0.139. The molecule has 0 aliphatic heterocycles. The third kappa shape index (κ3) is 5.36. The van der Waals surface area contributed by atoms with Crippen molar-refractivity contribution in [1.29, 1.82) is 0 Å². The van der Waals surface area contributed by atoms with Crippen LogP contribution in [0.4, 0.5) is 0 Å². The molecule has 30 heavy (non-hydrogen) atoms. The molecule has 0 amide bonds. The Hall–Kier alpha value is -3.38. The van der Waals surface area contributed by atoms with Crippen LogP contribution in [0, 0.1) is 0 Å². The molecule has 160 valence electrons. The zero-order chi connectivity index (χ0) is 22.4. The summed E-state index contributed by atoms with van der Waals surface area (Å²) in [4.78, 5) is 24.0. The summed E-state index contributed by atoms with van der Waals surface area (Å²) in [5.74, 6) is -2.63. The van der Waals surface area contributed by atoms with Gasteiger partial charge in [0.25, 0.3) is 20.0 Å². The number of rotatable bonds is 8. The van der Waals surface area contributed by atoms with Gasteiger partial charge in [-0.2, -0.15) is 0 Å². The van der Waals surface area contributed by atoms with Gasteiger partial charge in [-0.1, -0.05) is 36.4 Å². The lowest BCUT2D eigenvalue weighted by Crippen LogP contribution is -2.37. The van der Waals surface area contributed by atoms with Crippen molar-refractivity contribution in [2.24, 2.45) is 0 Å². The first-order valence-electron chi connectivity index (χ1n) is 8.19. The zero-order valence-corrected chi connectivity index (χ0v) is 17.5. The Kier molecular flexibility index (Phi) is 7.19. The molecule has 12 heteroatoms. The highest BCUT2D eigenvalue weighted by Gasteiger charge is 2.31. The number of carbonyl (C=O) groups is 2. The highest BCUT2D eigenvalue weighted by atomic mass is 32.2. The minimum atomic E-state index is -4.37. The molecule has 0 aliphatic rings. The summed E-state index contributed by atoms with van der Waals surface area (Å²) >= 11 is 0. The summed E-state index contributed by atoms with van der Waals surface area (Å²) < 4.78 is 63.4. The van der Waals surface area contributed by atoms with Gasteiger partial charge in [0, 0.05) is 0 Å². The Morgan fingerprint density at radius 2 is 0.933 bits per heavy atom. The molecule has 0 aromatic heterocycles. The summed E-state index contributed by atoms with van der Waals surface area (Å²) in [6, 6.07) is 13.9. The topological polar surface area (TPSA) is 145 Å². The van der Waals surface area contributed by atoms with Crippen LogP contribution in [0.5, 0.6) is 0 Å². The van der Waals surface area contributed by atoms with Gasteiger partial charge in [-0.15, -0.1) is 0 Å². The molecule has 0 saturated heterocycles. The molecule has 0 atom stereocenters. The van der Waals surface area contributed by atoms with Crippen molar-refractivity contribution in [2.75, 3.05) is 14.2 Å². The van der Waals surface area contributed by atoms with Crippen LogP contribution < -0.4 is 9.44 Å². The molecule has 0 spiro atoms. The van der Waals surface area contributed by atoms with Gasteiger partial charge in [-0.3, -0.25) is 9.44 Å². The predicted molar refractivity (Wildman–Crippen MR) is 105 cm³/mol. The molecule has 0 aliphatic carbocycles. The average Bonchev–Trinajstić information content (AvgIpc) is 2.76. The van der Waals surface area contributed by atoms with E-state index in [1.807, 2.05) is 9.44 Å². The van der Waals surface area contributed by atoms with Crippen molar-refractivity contribution >= 4 is 32.0 Å². The minimum Gasteiger partial charge on any atom is -0.464 e. The van der Waals surface area contributed by atoms with Gasteiger partial charge in [0.15, 0.2) is 11.4 Å². The van der Waals surface area contributed by atoms with E-state index < -0.39 is 43.4 Å². The van der Waals surface area contributed by atoms with Crippen molar-refractivity contribution < 1.29 is 35.9 Å². The smallest absolute Gasteiger partial charge is 0.357 e. The summed E-state index contributed by atoms with van der Waals surface area (Å²) in [7, 11) is -6.89. The van der Waals surface area contributed by atoms with Gasteiger partial charge in [0.05, 0.1) is 24.0 Å². The van der Waals surface area contributed by atoms with Crippen LogP contribution >= 0.6 is 0 Å². The monoisotopic (exact) mass is 454 g/mol. The van der Waals surface area contributed by atoms with E-state index in [-0.39, 0.29) is 9.79 Å². The molecule has 0 heterocycles. The summed E-state index contributed by atoms with van der Waals surface area (Å²) in [5, 5.41) is 0. The SMILES string of the molecule is COC(=O)/C(NS(=O)(=O)c1ccccc1)=C(\NS(=O)(=O)c1ccccc1)C(=O)OC. The van der Waals surface area contributed by atoms with Crippen LogP contribution in [0.3, 0.4) is 0 Å². The van der Waals surface area contributed by atoms with Gasteiger partial charge in [0.1, 0.15) is 0 Å². The second kappa shape index (κ2) is 9.41. The molecule has 2 N–H and O–H groups in total. The Morgan fingerprint density at radius 3 is 1.20 bits per heavy atom. The molecule has 0 saturated carbocycles. The van der Waals surface area contributed by atoms with Gasteiger partial charge < -0.3 is 9.47 Å². The third-order valence-corrected chi connectivity index (χ3v) is 6.34. The van der Waals surface area contributed by atoms with E-state index in [1.54, 1.807) is 12.1 Å². The molecular weight excluding hydrogens is 436 g/mol. The molecule has 0 radical (unpaired) electrons. The molecule has 10 nitrogen and oxygen atoms in total. The molecule has 2 aromatic carbocycles. The quantitative estimate of drug-likeness (QED) is 0.433. The number of sulfonamides is 2. The van der Waals surface area contributed by atoms with Crippen LogP contribution in [0.25, 0.3) is 0 Å². The highest BCUT2D eigenvalue weighted by Crippen LogP contribution is 2.15. The predicted octanol–water partition coefficient (Wildman–Crippen LogP) is 0.501. The van der Waals surface area contributed by atoms with E-state index >= 15 is 0 Å². The van der Waals surface area contributed by atoms with Crippen LogP contribution in [0.2, 0.25) is 0 Å². The fraction of sp³-hybridized carbons (Fsp3) is 0.111. The maximum absolute atomic E-state index is 12.6. The van der Waals surface area contributed by atoms with E-state index in [0.29, 0.717) is 0 Å². The maximum Gasteiger partial charge on any atom is 0.357 e. The lowest BCUT2D eigenvalue weighted by atomic mass is 10.3. The minimum absolute atomic E-state index is 0.235. The first-order valence-corrected chi connectivity index (χ1v) is 11.2. The molecule has 2 aromatic rings. The van der Waals surface area contributed by atoms with E-state index in [1.165, 1.54) is 48.5 Å². The zero-order valence-electron chi connectivity index (χ0n) is 15.9. The number of methoxy groups -OCH3 is 2. The Morgan fingerprint density at radius 1 is 0.633 bits per heavy atom. The highest BCUT2D eigenvalue weighted by molar-refractivity contribution is 7.90. The maximum atomic E-state index is 12.6. The molecule has 0 fully saturated rings. The number of hydrogen-bond donors (Lipinski definition) is 2. The average molecular weight is 454 g/mol. The molecule has 0 unspecified atom stereocenters. The molecule has 2 rings (SSSR count). The number of carbonyl (C=O) groups excluding carboxylic acids is 2. The van der Waals surface area contributed by atoms with Gasteiger partial charge in [-0.25, -0.2) is 26.4 Å². The molecule has 0 bridgehead atoms. The van der Waals surface area contributed by atoms with Gasteiger partial charge in [0.2, 0.25) is 0 Å². The van der Waals surface area contributed by atoms with Crippen LogP contribution in [-0.4, -0.2) is 43.0 Å². The van der Waals surface area contributed by atoms with Crippen molar-refractivity contribution in [3.05, 3.63) is 72.1 Å². The number of esters is 2. The second-order valence-corrected chi connectivity index (χ2v) is 8.94. The van der Waals surface area contributed by atoms with Crippen molar-refractivity contribution in [1.82, 2.24) is 9.44 Å². The van der Waals surface area contributed by atoms with E-state index in [0.717, 1.165) is 14.2 Å². The van der Waals surface area contributed by atoms with Gasteiger partial charge >= 0.3 is 11.9 Å². The van der Waals surface area contributed by atoms with Crippen molar-refractivity contribution in [3.63, 3.8) is 0 Å². The lowest BCUT2D eigenvalue weighted by Gasteiger charge is -2.16. The Labute approximate surface area is 173 Å². The van der Waals surface area contributed by atoms with Crippen molar-refractivity contribution in [2.45, 2.75) is 9.79 Å². The van der Waals surface area contributed by atoms with E-state index in [4.69, 9.17) is 0 Å². The Bertz CT molecular complexity index is 1070. The van der Waals surface area contributed by atoms with Crippen LogP contribution in [-0.2, 0) is 39.1 Å². The number of hydrogen-bond acceptors (Lipinski definition) is 8. The summed E-state index contributed by atoms with van der Waals surface area (Å²) in [6.07, 6.45) is 0. The first kappa shape index (κ1) is 22.9. The van der Waals surface area contributed by atoms with Gasteiger partial charge in [-0.05, 0) is 24.3 Å². The number of nitrogens with one attached hydrogen (secondary N) is 2. The number of ether oxygens (including phenoxy) is 2. The van der Waals surface area contributed by atoms with E-state index in [9.17, 15) is 26.4 Å². The summed E-state index contributed by atoms with van der Waals surface area (Å²) in [6.45, 7) is 0. The van der Waals surface area contributed by atoms with Crippen molar-refractivity contribution in [3.8, 4) is 0 Å².